The van der Waals surface area contributed by atoms with Gasteiger partial charge in [-0.25, -0.2) is 21.6 Å². The van der Waals surface area contributed by atoms with Crippen LogP contribution in [0.2, 0.25) is 0 Å². The van der Waals surface area contributed by atoms with E-state index in [4.69, 9.17) is 0 Å². The molecule has 0 aromatic heterocycles. The van der Waals surface area contributed by atoms with Gasteiger partial charge in [0.25, 0.3) is 0 Å². The third-order valence-electron chi connectivity index (χ3n) is 2.40. The number of nitrogens with one attached hydrogen (secondary N) is 1. The highest BCUT2D eigenvalue weighted by Crippen LogP contribution is 2.07. The Hall–Kier alpha value is -0.960. The average Bonchev–Trinajstić information content (AvgIpc) is 2.26. The van der Waals surface area contributed by atoms with Crippen LogP contribution in [0, 0.1) is 0 Å². The van der Waals surface area contributed by atoms with Crippen molar-refractivity contribution in [3.63, 3.8) is 0 Å². The van der Waals surface area contributed by atoms with E-state index in [1.807, 2.05) is 30.3 Å². The van der Waals surface area contributed by atoms with Crippen LogP contribution in [0.15, 0.2) is 30.3 Å². The second kappa shape index (κ2) is 6.47. The molecule has 108 valence electrons. The highest BCUT2D eigenvalue weighted by Gasteiger charge is 2.17. The van der Waals surface area contributed by atoms with Crippen molar-refractivity contribution in [2.45, 2.75) is 6.54 Å². The number of hydrogen-bond acceptors (Lipinski definition) is 4. The molecule has 0 amide bonds. The van der Waals surface area contributed by atoms with E-state index < -0.39 is 20.0 Å². The first kappa shape index (κ1) is 16.1. The second-order valence-corrected chi connectivity index (χ2v) is 8.06. The predicted octanol–water partition coefficient (Wildman–Crippen LogP) is -0.00260. The molecule has 19 heavy (non-hydrogen) atoms. The lowest BCUT2D eigenvalue weighted by atomic mass is 10.2. The van der Waals surface area contributed by atoms with Crippen molar-refractivity contribution in [2.24, 2.45) is 0 Å². The molecule has 0 saturated heterocycles. The van der Waals surface area contributed by atoms with E-state index in [1.54, 1.807) is 0 Å². The van der Waals surface area contributed by atoms with Gasteiger partial charge >= 0.3 is 0 Å². The smallest absolute Gasteiger partial charge is 0.211 e. The lowest BCUT2D eigenvalue weighted by Crippen LogP contribution is -2.37. The summed E-state index contributed by atoms with van der Waals surface area (Å²) in [5.41, 5.74) is 0.854. The molecule has 0 radical (unpaired) electrons. The highest BCUT2D eigenvalue weighted by atomic mass is 32.2. The van der Waals surface area contributed by atoms with E-state index in [1.165, 1.54) is 4.31 Å². The van der Waals surface area contributed by atoms with Crippen molar-refractivity contribution in [2.75, 3.05) is 25.6 Å². The van der Waals surface area contributed by atoms with Crippen LogP contribution in [0.1, 0.15) is 5.56 Å². The van der Waals surface area contributed by atoms with Gasteiger partial charge in [-0.05, 0) is 5.56 Å². The molecular weight excluding hydrogens is 288 g/mol. The fourth-order valence-corrected chi connectivity index (χ4v) is 2.77. The first-order chi connectivity index (χ1) is 8.68. The van der Waals surface area contributed by atoms with Gasteiger partial charge < -0.3 is 0 Å². The Morgan fingerprint density at radius 2 is 1.63 bits per heavy atom. The maximum atomic E-state index is 11.6. The Bertz CT molecular complexity index is 597. The average molecular weight is 306 g/mol. The Labute approximate surface area is 114 Å². The fourth-order valence-electron chi connectivity index (χ4n) is 1.50. The molecule has 6 nitrogen and oxygen atoms in total. The van der Waals surface area contributed by atoms with Crippen molar-refractivity contribution in [1.82, 2.24) is 9.03 Å². The molecule has 0 bridgehead atoms. The zero-order valence-corrected chi connectivity index (χ0v) is 12.5. The van der Waals surface area contributed by atoms with Gasteiger partial charge in [0.2, 0.25) is 20.0 Å². The van der Waals surface area contributed by atoms with Gasteiger partial charge in [0.05, 0.1) is 12.5 Å². The molecule has 0 aliphatic rings. The minimum atomic E-state index is -3.38. The number of sulfonamides is 2. The molecule has 1 N–H and O–H groups in total. The molecule has 0 aliphatic heterocycles. The largest absolute Gasteiger partial charge is 0.214 e. The molecule has 0 heterocycles. The van der Waals surface area contributed by atoms with Crippen molar-refractivity contribution in [1.29, 1.82) is 0 Å². The standard InChI is InChI=1S/C11H18N2O4S2/c1-18(14,15)12-8-9-13(19(2,16)17)10-11-6-4-3-5-7-11/h3-7,12H,8-10H2,1-2H3. The fraction of sp³-hybridized carbons (Fsp3) is 0.455. The van der Waals surface area contributed by atoms with Crippen LogP contribution < -0.4 is 4.72 Å². The lowest BCUT2D eigenvalue weighted by Gasteiger charge is -2.20. The molecular formula is C11H18N2O4S2. The molecule has 0 aliphatic carbocycles. The van der Waals surface area contributed by atoms with E-state index >= 15 is 0 Å². The van der Waals surface area contributed by atoms with E-state index in [9.17, 15) is 16.8 Å². The van der Waals surface area contributed by atoms with E-state index in [-0.39, 0.29) is 19.6 Å². The third kappa shape index (κ3) is 6.67. The minimum Gasteiger partial charge on any atom is -0.214 e. The Morgan fingerprint density at radius 3 is 2.11 bits per heavy atom. The summed E-state index contributed by atoms with van der Waals surface area (Å²) in [4.78, 5) is 0. The van der Waals surface area contributed by atoms with Crippen LogP contribution in [0.3, 0.4) is 0 Å². The van der Waals surface area contributed by atoms with Gasteiger partial charge in [-0.15, -0.1) is 0 Å². The predicted molar refractivity (Wildman–Crippen MR) is 74.5 cm³/mol. The van der Waals surface area contributed by atoms with Crippen LogP contribution in [0.25, 0.3) is 0 Å². The monoisotopic (exact) mass is 306 g/mol. The molecule has 0 unspecified atom stereocenters. The summed E-state index contributed by atoms with van der Waals surface area (Å²) in [5.74, 6) is 0. The van der Waals surface area contributed by atoms with Gasteiger partial charge in [0.15, 0.2) is 0 Å². The van der Waals surface area contributed by atoms with Crippen LogP contribution >= 0.6 is 0 Å². The molecule has 1 rings (SSSR count). The van der Waals surface area contributed by atoms with Gasteiger partial charge in [-0.3, -0.25) is 0 Å². The van der Waals surface area contributed by atoms with Crippen molar-refractivity contribution in [3.8, 4) is 0 Å². The summed E-state index contributed by atoms with van der Waals surface area (Å²) in [6.07, 6.45) is 2.14. The maximum Gasteiger partial charge on any atom is 0.211 e. The molecule has 1 aromatic carbocycles. The SMILES string of the molecule is CS(=O)(=O)NCCN(Cc1ccccc1)S(C)(=O)=O. The Kier molecular flexibility index (Phi) is 5.48. The summed E-state index contributed by atoms with van der Waals surface area (Å²) in [5, 5.41) is 0. The normalized spacial score (nSPS) is 12.8. The number of nitrogens with zero attached hydrogens (tertiary/aromatic N) is 1. The maximum absolute atomic E-state index is 11.6. The third-order valence-corrected chi connectivity index (χ3v) is 4.37. The second-order valence-electron chi connectivity index (χ2n) is 4.25. The summed E-state index contributed by atoms with van der Waals surface area (Å²) in [6, 6.07) is 9.14. The van der Waals surface area contributed by atoms with Crippen molar-refractivity contribution in [3.05, 3.63) is 35.9 Å². The van der Waals surface area contributed by atoms with Gasteiger partial charge in [0.1, 0.15) is 0 Å². The summed E-state index contributed by atoms with van der Waals surface area (Å²) in [7, 11) is -6.69. The topological polar surface area (TPSA) is 83.6 Å². The summed E-state index contributed by atoms with van der Waals surface area (Å²) >= 11 is 0. The van der Waals surface area contributed by atoms with Crippen LogP contribution in [0.5, 0.6) is 0 Å². The first-order valence-corrected chi connectivity index (χ1v) is 9.36. The van der Waals surface area contributed by atoms with Crippen LogP contribution in [-0.4, -0.2) is 46.7 Å². The lowest BCUT2D eigenvalue weighted by molar-refractivity contribution is 0.412. The zero-order valence-electron chi connectivity index (χ0n) is 10.9. The van der Waals surface area contributed by atoms with Crippen molar-refractivity contribution < 1.29 is 16.8 Å². The van der Waals surface area contributed by atoms with E-state index in [0.717, 1.165) is 18.1 Å². The Morgan fingerprint density at radius 1 is 1.05 bits per heavy atom. The van der Waals surface area contributed by atoms with Gasteiger partial charge in [0, 0.05) is 19.6 Å². The van der Waals surface area contributed by atoms with Crippen LogP contribution in [0.4, 0.5) is 0 Å². The summed E-state index contributed by atoms with van der Waals surface area (Å²) < 4.78 is 48.7. The van der Waals surface area contributed by atoms with Crippen LogP contribution in [-0.2, 0) is 26.6 Å². The molecule has 0 saturated carbocycles. The number of rotatable bonds is 7. The summed E-state index contributed by atoms with van der Waals surface area (Å²) in [6.45, 7) is 0.380. The minimum absolute atomic E-state index is 0.0543. The van der Waals surface area contributed by atoms with E-state index in [2.05, 4.69) is 4.72 Å². The quantitative estimate of drug-likeness (QED) is 0.768. The molecule has 0 spiro atoms. The van der Waals surface area contributed by atoms with Gasteiger partial charge in [-0.1, -0.05) is 30.3 Å². The Balaban J connectivity index is 2.69. The molecule has 8 heteroatoms. The van der Waals surface area contributed by atoms with Crippen molar-refractivity contribution >= 4 is 20.0 Å². The zero-order chi connectivity index (χ0) is 14.5. The number of hydrogen-bond donors (Lipinski definition) is 1. The molecule has 0 fully saturated rings. The number of benzene rings is 1. The first-order valence-electron chi connectivity index (χ1n) is 5.62. The van der Waals surface area contributed by atoms with Gasteiger partial charge in [-0.2, -0.15) is 4.31 Å². The molecule has 0 atom stereocenters. The molecule has 1 aromatic rings. The van der Waals surface area contributed by atoms with E-state index in [0.29, 0.717) is 0 Å². The highest BCUT2D eigenvalue weighted by molar-refractivity contribution is 7.88.